The molecule has 0 aliphatic carbocycles. The van der Waals surface area contributed by atoms with Crippen LogP contribution in [0.2, 0.25) is 0 Å². The molecular formula is C16H18N2OS. The van der Waals surface area contributed by atoms with Crippen LogP contribution in [0.25, 0.3) is 10.1 Å². The molecule has 2 fully saturated rings. The van der Waals surface area contributed by atoms with Gasteiger partial charge in [0.2, 0.25) is 0 Å². The van der Waals surface area contributed by atoms with Crippen molar-refractivity contribution in [3.05, 3.63) is 35.2 Å². The Balaban J connectivity index is 1.49. The van der Waals surface area contributed by atoms with E-state index in [9.17, 15) is 4.79 Å². The average molecular weight is 286 g/mol. The molecule has 4 rings (SSSR count). The number of fused-ring (bicyclic) bond motifs is 3. The Bertz CT molecular complexity index is 639. The van der Waals surface area contributed by atoms with Crippen LogP contribution in [-0.2, 0) is 0 Å². The fourth-order valence-corrected chi connectivity index (χ4v) is 4.31. The molecule has 3 atom stereocenters. The number of benzene rings is 1. The standard InChI is InChI=1S/C16H18N2OS/c19-16(13-1-2-15-12(8-13)4-6-20-15)17-14-7-11-3-5-18(9-11)10-14/h1-2,4,6,8,11,14H,3,5,7,9-10H2,(H,17,19)/t11-,14-/m1/s1. The van der Waals surface area contributed by atoms with Gasteiger partial charge >= 0.3 is 0 Å². The van der Waals surface area contributed by atoms with E-state index in [1.54, 1.807) is 11.3 Å². The van der Waals surface area contributed by atoms with E-state index in [1.165, 1.54) is 24.2 Å². The third-order valence-corrected chi connectivity index (χ3v) is 5.41. The Morgan fingerprint density at radius 1 is 1.30 bits per heavy atom. The van der Waals surface area contributed by atoms with Crippen LogP contribution < -0.4 is 5.32 Å². The third-order valence-electron chi connectivity index (χ3n) is 4.52. The highest BCUT2D eigenvalue weighted by molar-refractivity contribution is 7.17. The molecule has 2 saturated heterocycles. The molecule has 2 aliphatic heterocycles. The van der Waals surface area contributed by atoms with Crippen molar-refractivity contribution >= 4 is 27.3 Å². The molecule has 0 radical (unpaired) electrons. The fraction of sp³-hybridized carbons (Fsp3) is 0.438. The SMILES string of the molecule is O=C(N[C@@H]1C[C@H]2CCN(C2)C1)c1ccc2sccc2c1. The van der Waals surface area contributed by atoms with Gasteiger partial charge in [0.05, 0.1) is 0 Å². The largest absolute Gasteiger partial charge is 0.348 e. The van der Waals surface area contributed by atoms with Crippen LogP contribution >= 0.6 is 11.3 Å². The number of carbonyl (C=O) groups is 1. The zero-order valence-corrected chi connectivity index (χ0v) is 12.2. The Hall–Kier alpha value is -1.39. The summed E-state index contributed by atoms with van der Waals surface area (Å²) in [6.45, 7) is 3.45. The molecule has 2 aliphatic rings. The molecule has 1 amide bonds. The smallest absolute Gasteiger partial charge is 0.251 e. The number of nitrogens with zero attached hydrogens (tertiary/aromatic N) is 1. The monoisotopic (exact) mass is 286 g/mol. The Labute approximate surface area is 122 Å². The van der Waals surface area contributed by atoms with E-state index >= 15 is 0 Å². The van der Waals surface area contributed by atoms with Crippen molar-refractivity contribution in [1.29, 1.82) is 0 Å². The minimum absolute atomic E-state index is 0.0746. The molecule has 1 N–H and O–H groups in total. The zero-order valence-electron chi connectivity index (χ0n) is 11.3. The predicted molar refractivity (Wildman–Crippen MR) is 82.2 cm³/mol. The van der Waals surface area contributed by atoms with Gasteiger partial charge in [-0.3, -0.25) is 4.79 Å². The van der Waals surface area contributed by atoms with Gasteiger partial charge in [0, 0.05) is 29.4 Å². The third kappa shape index (κ3) is 2.23. The van der Waals surface area contributed by atoms with Crippen molar-refractivity contribution < 1.29 is 4.79 Å². The number of thiophene rings is 1. The summed E-state index contributed by atoms with van der Waals surface area (Å²) in [6.07, 6.45) is 2.44. The van der Waals surface area contributed by atoms with Gasteiger partial charge in [0.15, 0.2) is 0 Å². The number of amides is 1. The number of hydrogen-bond donors (Lipinski definition) is 1. The molecule has 3 nitrogen and oxygen atoms in total. The quantitative estimate of drug-likeness (QED) is 0.920. The fourth-order valence-electron chi connectivity index (χ4n) is 3.54. The molecule has 20 heavy (non-hydrogen) atoms. The van der Waals surface area contributed by atoms with Crippen LogP contribution in [0.3, 0.4) is 0 Å². The van der Waals surface area contributed by atoms with E-state index in [1.807, 2.05) is 18.2 Å². The zero-order chi connectivity index (χ0) is 13.5. The maximum Gasteiger partial charge on any atom is 0.251 e. The van der Waals surface area contributed by atoms with E-state index in [0.29, 0.717) is 6.04 Å². The van der Waals surface area contributed by atoms with Gasteiger partial charge < -0.3 is 10.2 Å². The van der Waals surface area contributed by atoms with Gasteiger partial charge in [-0.1, -0.05) is 0 Å². The van der Waals surface area contributed by atoms with Crippen molar-refractivity contribution in [2.45, 2.75) is 18.9 Å². The lowest BCUT2D eigenvalue weighted by molar-refractivity contribution is 0.0909. The molecule has 2 aromatic rings. The maximum atomic E-state index is 12.4. The lowest BCUT2D eigenvalue weighted by Crippen LogP contribution is -2.47. The second-order valence-electron chi connectivity index (χ2n) is 5.99. The highest BCUT2D eigenvalue weighted by Crippen LogP contribution is 2.27. The summed E-state index contributed by atoms with van der Waals surface area (Å²) in [4.78, 5) is 14.9. The van der Waals surface area contributed by atoms with Crippen molar-refractivity contribution in [3.63, 3.8) is 0 Å². The Kier molecular flexibility index (Phi) is 3.00. The van der Waals surface area contributed by atoms with E-state index < -0.39 is 0 Å². The molecule has 1 aromatic carbocycles. The van der Waals surface area contributed by atoms with Crippen molar-refractivity contribution in [1.82, 2.24) is 10.2 Å². The summed E-state index contributed by atoms with van der Waals surface area (Å²) in [5.74, 6) is 0.860. The van der Waals surface area contributed by atoms with Crippen LogP contribution in [0.4, 0.5) is 0 Å². The Morgan fingerprint density at radius 2 is 2.25 bits per heavy atom. The average Bonchev–Trinajstić information content (AvgIpc) is 3.04. The predicted octanol–water partition coefficient (Wildman–Crippen LogP) is 2.73. The number of nitrogens with one attached hydrogen (secondary N) is 1. The minimum atomic E-state index is 0.0746. The van der Waals surface area contributed by atoms with Crippen LogP contribution in [0.5, 0.6) is 0 Å². The lowest BCUT2D eigenvalue weighted by Gasteiger charge is -2.30. The van der Waals surface area contributed by atoms with Crippen LogP contribution in [-0.4, -0.2) is 36.5 Å². The van der Waals surface area contributed by atoms with E-state index in [-0.39, 0.29) is 5.91 Å². The van der Waals surface area contributed by atoms with Gasteiger partial charge in [-0.15, -0.1) is 11.3 Å². The number of hydrogen-bond acceptors (Lipinski definition) is 3. The molecular weight excluding hydrogens is 268 g/mol. The van der Waals surface area contributed by atoms with Crippen LogP contribution in [0.1, 0.15) is 23.2 Å². The topological polar surface area (TPSA) is 32.3 Å². The maximum absolute atomic E-state index is 12.4. The van der Waals surface area contributed by atoms with Crippen LogP contribution in [0.15, 0.2) is 29.6 Å². The lowest BCUT2D eigenvalue weighted by atomic mass is 9.96. The molecule has 0 spiro atoms. The van der Waals surface area contributed by atoms with E-state index in [4.69, 9.17) is 0 Å². The van der Waals surface area contributed by atoms with E-state index in [2.05, 4.69) is 21.7 Å². The summed E-state index contributed by atoms with van der Waals surface area (Å²) in [7, 11) is 0. The summed E-state index contributed by atoms with van der Waals surface area (Å²) >= 11 is 1.71. The normalized spacial score (nSPS) is 28.7. The van der Waals surface area contributed by atoms with Crippen molar-refractivity contribution in [2.75, 3.05) is 19.6 Å². The molecule has 1 aromatic heterocycles. The summed E-state index contributed by atoms with van der Waals surface area (Å²) in [6, 6.07) is 8.37. The molecule has 104 valence electrons. The first-order chi connectivity index (χ1) is 9.78. The van der Waals surface area contributed by atoms with Crippen molar-refractivity contribution in [2.24, 2.45) is 5.92 Å². The summed E-state index contributed by atoms with van der Waals surface area (Å²) < 4.78 is 1.24. The van der Waals surface area contributed by atoms with Crippen molar-refractivity contribution in [3.8, 4) is 0 Å². The molecule has 1 unspecified atom stereocenters. The van der Waals surface area contributed by atoms with Gasteiger partial charge in [-0.2, -0.15) is 0 Å². The van der Waals surface area contributed by atoms with Gasteiger partial charge in [0.25, 0.3) is 5.91 Å². The molecule has 2 bridgehead atoms. The first-order valence-corrected chi connectivity index (χ1v) is 8.16. The molecule has 4 heteroatoms. The summed E-state index contributed by atoms with van der Waals surface area (Å²) in [5.41, 5.74) is 0.781. The highest BCUT2D eigenvalue weighted by Gasteiger charge is 2.32. The first kappa shape index (κ1) is 12.4. The molecule has 0 saturated carbocycles. The van der Waals surface area contributed by atoms with Gasteiger partial charge in [0.1, 0.15) is 0 Å². The number of carbonyl (C=O) groups excluding carboxylic acids is 1. The molecule has 3 heterocycles. The van der Waals surface area contributed by atoms with Gasteiger partial charge in [-0.05, 0) is 60.3 Å². The second kappa shape index (κ2) is 4.86. The van der Waals surface area contributed by atoms with E-state index in [0.717, 1.165) is 29.8 Å². The first-order valence-electron chi connectivity index (χ1n) is 7.28. The van der Waals surface area contributed by atoms with Crippen LogP contribution in [0, 0.1) is 5.92 Å². The Morgan fingerprint density at radius 3 is 3.15 bits per heavy atom. The minimum Gasteiger partial charge on any atom is -0.348 e. The number of piperidine rings is 1. The number of rotatable bonds is 2. The summed E-state index contributed by atoms with van der Waals surface area (Å²) in [5, 5.41) is 6.45. The highest BCUT2D eigenvalue weighted by atomic mass is 32.1. The van der Waals surface area contributed by atoms with Gasteiger partial charge in [-0.25, -0.2) is 0 Å². The second-order valence-corrected chi connectivity index (χ2v) is 6.94.